The Balaban J connectivity index is 2.52. The van der Waals surface area contributed by atoms with E-state index in [4.69, 9.17) is 16.3 Å². The second kappa shape index (κ2) is 8.15. The molecule has 0 saturated carbocycles. The van der Waals surface area contributed by atoms with Gasteiger partial charge in [-0.05, 0) is 38.0 Å². The quantitative estimate of drug-likeness (QED) is 0.586. The second-order valence-electron chi connectivity index (χ2n) is 5.55. The fourth-order valence-electron chi connectivity index (χ4n) is 1.56. The maximum atomic E-state index is 11.9. The predicted octanol–water partition coefficient (Wildman–Crippen LogP) is 3.75. The minimum absolute atomic E-state index is 0.0372. The van der Waals surface area contributed by atoms with Gasteiger partial charge in [0.2, 0.25) is 5.91 Å². The zero-order valence-electron chi connectivity index (χ0n) is 12.5. The average molecular weight is 298 g/mol. The minimum Gasteiger partial charge on any atom is -0.494 e. The van der Waals surface area contributed by atoms with Crippen molar-refractivity contribution in [3.63, 3.8) is 0 Å². The topological polar surface area (TPSA) is 38.3 Å². The third-order valence-corrected chi connectivity index (χ3v) is 3.74. The first-order valence-corrected chi connectivity index (χ1v) is 7.59. The Kier molecular flexibility index (Phi) is 6.86. The van der Waals surface area contributed by atoms with Crippen LogP contribution in [0.3, 0.4) is 0 Å². The molecule has 0 fully saturated rings. The summed E-state index contributed by atoms with van der Waals surface area (Å²) in [7, 11) is 0. The summed E-state index contributed by atoms with van der Waals surface area (Å²) in [6.07, 6.45) is 2.16. The molecule has 0 unspecified atom stereocenters. The lowest BCUT2D eigenvalue weighted by Gasteiger charge is -2.20. The van der Waals surface area contributed by atoms with Gasteiger partial charge in [0.05, 0.1) is 12.0 Å². The monoisotopic (exact) mass is 297 g/mol. The lowest BCUT2D eigenvalue weighted by molar-refractivity contribution is -0.128. The molecule has 0 atom stereocenters. The molecule has 1 aromatic carbocycles. The number of hydrogen-bond acceptors (Lipinski definition) is 2. The molecule has 4 heteroatoms. The molecule has 3 nitrogen and oxygen atoms in total. The van der Waals surface area contributed by atoms with E-state index in [1.54, 1.807) is 0 Å². The molecule has 0 spiro atoms. The van der Waals surface area contributed by atoms with E-state index in [2.05, 4.69) is 12.2 Å². The van der Waals surface area contributed by atoms with Gasteiger partial charge in [-0.2, -0.15) is 0 Å². The molecule has 0 aromatic heterocycles. The van der Waals surface area contributed by atoms with E-state index in [-0.39, 0.29) is 5.91 Å². The van der Waals surface area contributed by atoms with Gasteiger partial charge in [0.25, 0.3) is 0 Å². The molecule has 0 heterocycles. The summed E-state index contributed by atoms with van der Waals surface area (Å²) >= 11 is 5.79. The highest BCUT2D eigenvalue weighted by Gasteiger charge is 2.25. The van der Waals surface area contributed by atoms with Gasteiger partial charge in [0.1, 0.15) is 5.75 Å². The number of halogens is 1. The van der Waals surface area contributed by atoms with E-state index < -0.39 is 5.41 Å². The lowest BCUT2D eigenvalue weighted by atomic mass is 9.95. The van der Waals surface area contributed by atoms with Crippen molar-refractivity contribution in [2.75, 3.05) is 12.5 Å². The summed E-state index contributed by atoms with van der Waals surface area (Å²) in [5.74, 6) is 1.12. The van der Waals surface area contributed by atoms with Crippen LogP contribution in [0.5, 0.6) is 5.75 Å². The number of hydrogen-bond donors (Lipinski definition) is 1. The molecule has 1 N–H and O–H groups in total. The van der Waals surface area contributed by atoms with Crippen molar-refractivity contribution in [2.45, 2.75) is 40.2 Å². The summed E-state index contributed by atoms with van der Waals surface area (Å²) in [6, 6.07) is 7.81. The molecule has 0 aliphatic carbocycles. The zero-order valence-corrected chi connectivity index (χ0v) is 13.3. The van der Waals surface area contributed by atoms with Crippen LogP contribution in [0.1, 0.15) is 39.2 Å². The first kappa shape index (κ1) is 16.8. The van der Waals surface area contributed by atoms with Crippen molar-refractivity contribution in [3.05, 3.63) is 29.8 Å². The number of carbonyl (C=O) groups excluding carboxylic acids is 1. The Morgan fingerprint density at radius 3 is 2.80 bits per heavy atom. The second-order valence-corrected chi connectivity index (χ2v) is 5.82. The molecule has 1 aromatic rings. The van der Waals surface area contributed by atoms with Gasteiger partial charge in [-0.25, -0.2) is 0 Å². The van der Waals surface area contributed by atoms with Crippen LogP contribution in [-0.4, -0.2) is 18.4 Å². The standard InChI is InChI=1S/C16H24ClNO2/c1-4-5-9-20-14-8-6-7-13(10-14)11-18-15(19)16(2,3)12-17/h6-8,10H,4-5,9,11-12H2,1-3H3,(H,18,19). The summed E-state index contributed by atoms with van der Waals surface area (Å²) < 4.78 is 5.65. The molecule has 0 aliphatic heterocycles. The van der Waals surface area contributed by atoms with Gasteiger partial charge >= 0.3 is 0 Å². The van der Waals surface area contributed by atoms with Gasteiger partial charge < -0.3 is 10.1 Å². The van der Waals surface area contributed by atoms with Crippen molar-refractivity contribution in [1.29, 1.82) is 0 Å². The van der Waals surface area contributed by atoms with Crippen LogP contribution in [0.15, 0.2) is 24.3 Å². The van der Waals surface area contributed by atoms with Crippen LogP contribution in [-0.2, 0) is 11.3 Å². The van der Waals surface area contributed by atoms with Crippen molar-refractivity contribution >= 4 is 17.5 Å². The van der Waals surface area contributed by atoms with Crippen molar-refractivity contribution in [2.24, 2.45) is 5.41 Å². The third kappa shape index (κ3) is 5.41. The molecular weight excluding hydrogens is 274 g/mol. The molecular formula is C16H24ClNO2. The number of amides is 1. The fourth-order valence-corrected chi connectivity index (χ4v) is 1.68. The summed E-state index contributed by atoms with van der Waals surface area (Å²) in [4.78, 5) is 11.9. The zero-order chi connectivity index (χ0) is 15.0. The van der Waals surface area contributed by atoms with Gasteiger partial charge in [0.15, 0.2) is 0 Å². The number of alkyl halides is 1. The highest BCUT2D eigenvalue weighted by molar-refractivity contribution is 6.19. The van der Waals surface area contributed by atoms with Crippen LogP contribution in [0.25, 0.3) is 0 Å². The highest BCUT2D eigenvalue weighted by atomic mass is 35.5. The molecule has 0 bridgehead atoms. The van der Waals surface area contributed by atoms with Crippen LogP contribution in [0.2, 0.25) is 0 Å². The SMILES string of the molecule is CCCCOc1cccc(CNC(=O)C(C)(C)CCl)c1. The maximum Gasteiger partial charge on any atom is 0.227 e. The Morgan fingerprint density at radius 1 is 1.40 bits per heavy atom. The van der Waals surface area contributed by atoms with Gasteiger partial charge in [-0.3, -0.25) is 4.79 Å². The molecule has 0 radical (unpaired) electrons. The van der Waals surface area contributed by atoms with Crippen LogP contribution in [0.4, 0.5) is 0 Å². The molecule has 20 heavy (non-hydrogen) atoms. The largest absolute Gasteiger partial charge is 0.494 e. The van der Waals surface area contributed by atoms with Gasteiger partial charge in [-0.15, -0.1) is 11.6 Å². The number of benzene rings is 1. The van der Waals surface area contributed by atoms with E-state index >= 15 is 0 Å². The Morgan fingerprint density at radius 2 is 2.15 bits per heavy atom. The Labute approximate surface area is 126 Å². The van der Waals surface area contributed by atoms with E-state index in [0.717, 1.165) is 30.8 Å². The lowest BCUT2D eigenvalue weighted by Crippen LogP contribution is -2.37. The van der Waals surface area contributed by atoms with Gasteiger partial charge in [-0.1, -0.05) is 25.5 Å². The van der Waals surface area contributed by atoms with Crippen LogP contribution >= 0.6 is 11.6 Å². The van der Waals surface area contributed by atoms with Crippen molar-refractivity contribution < 1.29 is 9.53 Å². The van der Waals surface area contributed by atoms with E-state index in [1.165, 1.54) is 0 Å². The van der Waals surface area contributed by atoms with Crippen LogP contribution < -0.4 is 10.1 Å². The average Bonchev–Trinajstić information content (AvgIpc) is 2.45. The number of carbonyl (C=O) groups is 1. The molecule has 1 amide bonds. The van der Waals surface area contributed by atoms with Gasteiger partial charge in [0, 0.05) is 12.4 Å². The highest BCUT2D eigenvalue weighted by Crippen LogP contribution is 2.18. The Hall–Kier alpha value is -1.22. The van der Waals surface area contributed by atoms with E-state index in [1.807, 2.05) is 38.1 Å². The summed E-state index contributed by atoms with van der Waals surface area (Å²) in [5, 5.41) is 2.91. The first-order valence-electron chi connectivity index (χ1n) is 7.05. The summed E-state index contributed by atoms with van der Waals surface area (Å²) in [6.45, 7) is 7.02. The number of ether oxygens (including phenoxy) is 1. The predicted molar refractivity (Wildman–Crippen MR) is 83.2 cm³/mol. The normalized spacial score (nSPS) is 11.2. The molecule has 0 saturated heterocycles. The van der Waals surface area contributed by atoms with Crippen LogP contribution in [0, 0.1) is 5.41 Å². The fraction of sp³-hybridized carbons (Fsp3) is 0.562. The number of rotatable bonds is 8. The number of nitrogens with one attached hydrogen (secondary N) is 1. The van der Waals surface area contributed by atoms with Crippen molar-refractivity contribution in [1.82, 2.24) is 5.32 Å². The van der Waals surface area contributed by atoms with Crippen molar-refractivity contribution in [3.8, 4) is 5.75 Å². The smallest absolute Gasteiger partial charge is 0.227 e. The molecule has 0 aliphatic rings. The number of unbranched alkanes of at least 4 members (excludes halogenated alkanes) is 1. The van der Waals surface area contributed by atoms with E-state index in [9.17, 15) is 4.79 Å². The maximum absolute atomic E-state index is 11.9. The molecule has 1 rings (SSSR count). The summed E-state index contributed by atoms with van der Waals surface area (Å²) in [5.41, 5.74) is 0.481. The Bertz CT molecular complexity index is 432. The molecule has 112 valence electrons. The first-order chi connectivity index (χ1) is 9.49. The van der Waals surface area contributed by atoms with E-state index in [0.29, 0.717) is 12.4 Å². The third-order valence-electron chi connectivity index (χ3n) is 3.07. The minimum atomic E-state index is -0.545.